The summed E-state index contributed by atoms with van der Waals surface area (Å²) in [5.41, 5.74) is 1.90. The highest BCUT2D eigenvalue weighted by Crippen LogP contribution is 2.24. The van der Waals surface area contributed by atoms with Gasteiger partial charge in [-0.05, 0) is 37.7 Å². The number of para-hydroxylation sites is 2. The van der Waals surface area contributed by atoms with E-state index in [1.54, 1.807) is 0 Å². The predicted octanol–water partition coefficient (Wildman–Crippen LogP) is 3.16. The van der Waals surface area contributed by atoms with Gasteiger partial charge in [0.2, 0.25) is 0 Å². The maximum atomic E-state index is 12.1. The fourth-order valence-electron chi connectivity index (χ4n) is 2.28. The van der Waals surface area contributed by atoms with Gasteiger partial charge in [0.25, 0.3) is 0 Å². The Morgan fingerprint density at radius 2 is 2.25 bits per heavy atom. The summed E-state index contributed by atoms with van der Waals surface area (Å²) in [6.07, 6.45) is 2.27. The second-order valence-electron chi connectivity index (χ2n) is 5.04. The van der Waals surface area contributed by atoms with E-state index in [4.69, 9.17) is 0 Å². The smallest absolute Gasteiger partial charge is 0.319 e. The number of anilines is 2. The van der Waals surface area contributed by atoms with Crippen molar-refractivity contribution in [3.63, 3.8) is 0 Å². The zero-order valence-corrected chi connectivity index (χ0v) is 13.0. The molecule has 0 unspecified atom stereocenters. The average Bonchev–Trinajstić information content (AvgIpc) is 2.48. The van der Waals surface area contributed by atoms with Crippen molar-refractivity contribution in [2.24, 2.45) is 0 Å². The lowest BCUT2D eigenvalue weighted by Crippen LogP contribution is -2.41. The summed E-state index contributed by atoms with van der Waals surface area (Å²) < 4.78 is 0. The standard InChI is InChI=1S/C15H23N3OS/c1-3-18(2)14-9-5-4-8-13(14)17-15(19)16-12-7-6-10-20-11-12/h4-5,8-9,12H,3,6-7,10-11H2,1-2H3,(H2,16,17,19)/t12-/m0/s1. The minimum Gasteiger partial charge on any atom is -0.373 e. The highest BCUT2D eigenvalue weighted by Gasteiger charge is 2.16. The largest absolute Gasteiger partial charge is 0.373 e. The van der Waals surface area contributed by atoms with Crippen LogP contribution in [0.25, 0.3) is 0 Å². The second kappa shape index (κ2) is 7.43. The van der Waals surface area contributed by atoms with Gasteiger partial charge in [-0.2, -0.15) is 11.8 Å². The van der Waals surface area contributed by atoms with Crippen molar-refractivity contribution in [1.29, 1.82) is 0 Å². The van der Waals surface area contributed by atoms with Crippen LogP contribution in [0.1, 0.15) is 19.8 Å². The van der Waals surface area contributed by atoms with E-state index in [0.29, 0.717) is 6.04 Å². The van der Waals surface area contributed by atoms with Gasteiger partial charge in [0.1, 0.15) is 0 Å². The third-order valence-electron chi connectivity index (χ3n) is 3.53. The lowest BCUT2D eigenvalue weighted by atomic mass is 10.2. The predicted molar refractivity (Wildman–Crippen MR) is 87.9 cm³/mol. The van der Waals surface area contributed by atoms with Crippen LogP contribution in [0, 0.1) is 0 Å². The highest BCUT2D eigenvalue weighted by molar-refractivity contribution is 7.99. The molecule has 0 saturated carbocycles. The zero-order valence-electron chi connectivity index (χ0n) is 12.2. The molecule has 20 heavy (non-hydrogen) atoms. The quantitative estimate of drug-likeness (QED) is 0.896. The summed E-state index contributed by atoms with van der Waals surface area (Å²) in [6.45, 7) is 3.00. The summed E-state index contributed by atoms with van der Waals surface area (Å²) in [5.74, 6) is 2.23. The monoisotopic (exact) mass is 293 g/mol. The fourth-order valence-corrected chi connectivity index (χ4v) is 3.35. The normalized spacial score (nSPS) is 18.4. The van der Waals surface area contributed by atoms with E-state index in [9.17, 15) is 4.79 Å². The van der Waals surface area contributed by atoms with Crippen LogP contribution in [-0.4, -0.2) is 37.2 Å². The first-order valence-electron chi connectivity index (χ1n) is 7.16. The van der Waals surface area contributed by atoms with Crippen molar-refractivity contribution < 1.29 is 4.79 Å². The molecule has 0 bridgehead atoms. The van der Waals surface area contributed by atoms with Crippen LogP contribution in [0.15, 0.2) is 24.3 Å². The Morgan fingerprint density at radius 1 is 1.45 bits per heavy atom. The fraction of sp³-hybridized carbons (Fsp3) is 0.533. The first-order valence-corrected chi connectivity index (χ1v) is 8.31. The molecule has 4 nitrogen and oxygen atoms in total. The molecule has 2 rings (SSSR count). The molecule has 2 N–H and O–H groups in total. The molecular weight excluding hydrogens is 270 g/mol. The third-order valence-corrected chi connectivity index (χ3v) is 4.75. The van der Waals surface area contributed by atoms with Crippen molar-refractivity contribution in [1.82, 2.24) is 5.32 Å². The van der Waals surface area contributed by atoms with Crippen LogP contribution < -0.4 is 15.5 Å². The molecule has 1 aromatic rings. The molecule has 1 aliphatic rings. The maximum Gasteiger partial charge on any atom is 0.319 e. The molecule has 1 fully saturated rings. The van der Waals surface area contributed by atoms with Crippen molar-refractivity contribution in [3.05, 3.63) is 24.3 Å². The van der Waals surface area contributed by atoms with Crippen LogP contribution in [0.5, 0.6) is 0 Å². The number of rotatable bonds is 4. The second-order valence-corrected chi connectivity index (χ2v) is 6.19. The number of nitrogens with zero attached hydrogens (tertiary/aromatic N) is 1. The van der Waals surface area contributed by atoms with Crippen molar-refractivity contribution in [3.8, 4) is 0 Å². The van der Waals surface area contributed by atoms with Crippen molar-refractivity contribution in [2.45, 2.75) is 25.8 Å². The summed E-state index contributed by atoms with van der Waals surface area (Å²) in [6, 6.07) is 8.09. The number of benzene rings is 1. The van der Waals surface area contributed by atoms with E-state index in [1.165, 1.54) is 12.2 Å². The molecule has 1 aromatic carbocycles. The molecule has 0 spiro atoms. The number of hydrogen-bond donors (Lipinski definition) is 2. The Morgan fingerprint density at radius 3 is 2.95 bits per heavy atom. The van der Waals surface area contributed by atoms with E-state index in [2.05, 4.69) is 22.5 Å². The van der Waals surface area contributed by atoms with Gasteiger partial charge in [0.05, 0.1) is 11.4 Å². The number of thioether (sulfide) groups is 1. The number of carbonyl (C=O) groups excluding carboxylic acids is 1. The molecule has 0 radical (unpaired) electrons. The van der Waals surface area contributed by atoms with Gasteiger partial charge in [-0.1, -0.05) is 12.1 Å². The van der Waals surface area contributed by atoms with Crippen molar-refractivity contribution >= 4 is 29.2 Å². The van der Waals surface area contributed by atoms with Crippen LogP contribution in [0.2, 0.25) is 0 Å². The lowest BCUT2D eigenvalue weighted by Gasteiger charge is -2.24. The van der Waals surface area contributed by atoms with Gasteiger partial charge < -0.3 is 15.5 Å². The average molecular weight is 293 g/mol. The van der Waals surface area contributed by atoms with Gasteiger partial charge in [-0.3, -0.25) is 0 Å². The summed E-state index contributed by atoms with van der Waals surface area (Å²) in [5, 5.41) is 6.03. The van der Waals surface area contributed by atoms with Crippen LogP contribution in [0.3, 0.4) is 0 Å². The Bertz CT molecular complexity index is 446. The molecule has 1 aliphatic heterocycles. The number of urea groups is 1. The molecule has 2 amide bonds. The lowest BCUT2D eigenvalue weighted by molar-refractivity contribution is 0.248. The first kappa shape index (κ1) is 15.0. The van der Waals surface area contributed by atoms with Gasteiger partial charge in [-0.15, -0.1) is 0 Å². The number of nitrogens with one attached hydrogen (secondary N) is 2. The van der Waals surface area contributed by atoms with E-state index in [-0.39, 0.29) is 6.03 Å². The minimum atomic E-state index is -0.102. The number of carbonyl (C=O) groups is 1. The third kappa shape index (κ3) is 4.07. The van der Waals surface area contributed by atoms with Gasteiger partial charge >= 0.3 is 6.03 Å². The van der Waals surface area contributed by atoms with Gasteiger partial charge in [0, 0.05) is 25.4 Å². The Kier molecular flexibility index (Phi) is 5.59. The molecule has 0 aliphatic carbocycles. The van der Waals surface area contributed by atoms with E-state index >= 15 is 0 Å². The van der Waals surface area contributed by atoms with Crippen LogP contribution in [-0.2, 0) is 0 Å². The number of amides is 2. The maximum absolute atomic E-state index is 12.1. The summed E-state index contributed by atoms with van der Waals surface area (Å²) >= 11 is 1.91. The highest BCUT2D eigenvalue weighted by atomic mass is 32.2. The summed E-state index contributed by atoms with van der Waals surface area (Å²) in [7, 11) is 2.02. The molecule has 1 heterocycles. The molecule has 1 saturated heterocycles. The van der Waals surface area contributed by atoms with Gasteiger partial charge in [-0.25, -0.2) is 4.79 Å². The van der Waals surface area contributed by atoms with Gasteiger partial charge in [0.15, 0.2) is 0 Å². The van der Waals surface area contributed by atoms with E-state index in [0.717, 1.165) is 30.1 Å². The minimum absolute atomic E-state index is 0.102. The summed E-state index contributed by atoms with van der Waals surface area (Å²) in [4.78, 5) is 14.2. The molecular formula is C15H23N3OS. The van der Waals surface area contributed by atoms with Crippen molar-refractivity contribution in [2.75, 3.05) is 35.3 Å². The molecule has 5 heteroatoms. The van der Waals surface area contributed by atoms with Crippen LogP contribution >= 0.6 is 11.8 Å². The Labute approximate surface area is 125 Å². The van der Waals surface area contributed by atoms with E-state index < -0.39 is 0 Å². The Balaban J connectivity index is 1.96. The Hall–Kier alpha value is -1.36. The van der Waals surface area contributed by atoms with E-state index in [1.807, 2.05) is 43.1 Å². The topological polar surface area (TPSA) is 44.4 Å². The molecule has 0 aromatic heterocycles. The zero-order chi connectivity index (χ0) is 14.4. The van der Waals surface area contributed by atoms with Crippen LogP contribution in [0.4, 0.5) is 16.2 Å². The SMILES string of the molecule is CCN(C)c1ccccc1NC(=O)N[C@H]1CCCSC1. The first-order chi connectivity index (χ1) is 9.70. The number of hydrogen-bond acceptors (Lipinski definition) is 3. The molecule has 110 valence electrons. The molecule has 1 atom stereocenters.